The second-order valence-electron chi connectivity index (χ2n) is 8.80. The van der Waals surface area contributed by atoms with E-state index < -0.39 is 0 Å². The molecule has 0 amide bonds. The van der Waals surface area contributed by atoms with Crippen molar-refractivity contribution in [2.75, 3.05) is 6.61 Å². The summed E-state index contributed by atoms with van der Waals surface area (Å²) in [7, 11) is 0. The number of aromatic nitrogens is 3. The number of fused-ring (bicyclic) bond motifs is 1. The third kappa shape index (κ3) is 2.05. The Kier molecular flexibility index (Phi) is 2.92. The molecule has 6 rings (SSSR count). The lowest BCUT2D eigenvalue weighted by Gasteiger charge is -2.69. The molecule has 4 aliphatic rings. The lowest BCUT2D eigenvalue weighted by molar-refractivity contribution is -0.127. The van der Waals surface area contributed by atoms with Crippen LogP contribution < -0.4 is 0 Å². The van der Waals surface area contributed by atoms with Gasteiger partial charge in [0.2, 0.25) is 0 Å². The SMILES string of the molecule is Cc1cnc2c(C34CC(C)(C3)C4)nc([C@H]3CCO[C@@H](C)C3)cc2n1. The predicted molar refractivity (Wildman–Crippen MR) is 93.1 cm³/mol. The van der Waals surface area contributed by atoms with Gasteiger partial charge in [0, 0.05) is 29.8 Å². The summed E-state index contributed by atoms with van der Waals surface area (Å²) in [6.45, 7) is 7.42. The first kappa shape index (κ1) is 14.8. The molecule has 0 aromatic carbocycles. The molecule has 1 saturated heterocycles. The van der Waals surface area contributed by atoms with Crippen molar-refractivity contribution >= 4 is 11.0 Å². The molecule has 24 heavy (non-hydrogen) atoms. The van der Waals surface area contributed by atoms with Crippen LogP contribution in [0.25, 0.3) is 11.0 Å². The third-order valence-electron chi connectivity index (χ3n) is 6.37. The number of aryl methyl sites for hydroxylation is 1. The Labute approximate surface area is 143 Å². The van der Waals surface area contributed by atoms with E-state index in [2.05, 4.69) is 19.9 Å². The molecule has 0 spiro atoms. The molecule has 2 atom stereocenters. The van der Waals surface area contributed by atoms with Gasteiger partial charge in [0.1, 0.15) is 5.52 Å². The number of hydrogen-bond acceptors (Lipinski definition) is 4. The Hall–Kier alpha value is -1.55. The van der Waals surface area contributed by atoms with Crippen LogP contribution in [0.15, 0.2) is 12.3 Å². The van der Waals surface area contributed by atoms with Crippen molar-refractivity contribution in [2.24, 2.45) is 5.41 Å². The zero-order valence-electron chi connectivity index (χ0n) is 14.8. The van der Waals surface area contributed by atoms with Crippen LogP contribution in [-0.2, 0) is 10.2 Å². The van der Waals surface area contributed by atoms with Gasteiger partial charge >= 0.3 is 0 Å². The van der Waals surface area contributed by atoms with Crippen LogP contribution >= 0.6 is 0 Å². The number of rotatable bonds is 2. The Balaban J connectivity index is 1.63. The molecule has 3 saturated carbocycles. The van der Waals surface area contributed by atoms with Gasteiger partial charge in [0.05, 0.1) is 23.0 Å². The molecule has 3 aliphatic carbocycles. The van der Waals surface area contributed by atoms with Crippen molar-refractivity contribution in [2.45, 2.75) is 70.3 Å². The van der Waals surface area contributed by atoms with E-state index in [0.29, 0.717) is 17.4 Å². The molecular formula is C20H25N3O. The quantitative estimate of drug-likeness (QED) is 0.836. The van der Waals surface area contributed by atoms with E-state index in [0.717, 1.165) is 36.2 Å². The Bertz CT molecular complexity index is 811. The summed E-state index contributed by atoms with van der Waals surface area (Å²) in [5, 5.41) is 0. The van der Waals surface area contributed by atoms with Crippen molar-refractivity contribution in [3.8, 4) is 0 Å². The van der Waals surface area contributed by atoms with Crippen molar-refractivity contribution in [3.05, 3.63) is 29.3 Å². The standard InChI is InChI=1S/C20H25N3O/c1-12-8-21-17-16(22-12)7-15(14-4-5-24-13(2)6-14)23-18(17)20-9-19(3,10-20)11-20/h7-8,13-14H,4-6,9-11H2,1-3H3/t13-,14-,19?,20?/m0/s1. The van der Waals surface area contributed by atoms with Crippen LogP contribution in [0, 0.1) is 12.3 Å². The van der Waals surface area contributed by atoms with Gasteiger partial charge in [-0.05, 0) is 57.4 Å². The second-order valence-corrected chi connectivity index (χ2v) is 8.80. The molecular weight excluding hydrogens is 298 g/mol. The molecule has 0 N–H and O–H groups in total. The summed E-state index contributed by atoms with van der Waals surface area (Å²) in [4.78, 5) is 14.7. The highest BCUT2D eigenvalue weighted by molar-refractivity contribution is 5.79. The second kappa shape index (κ2) is 4.75. The average molecular weight is 323 g/mol. The van der Waals surface area contributed by atoms with Crippen molar-refractivity contribution < 1.29 is 4.74 Å². The number of nitrogens with zero attached hydrogens (tertiary/aromatic N) is 3. The highest BCUT2D eigenvalue weighted by Crippen LogP contribution is 2.73. The monoisotopic (exact) mass is 323 g/mol. The molecule has 1 aliphatic heterocycles. The first-order valence-corrected chi connectivity index (χ1v) is 9.23. The summed E-state index contributed by atoms with van der Waals surface area (Å²) >= 11 is 0. The van der Waals surface area contributed by atoms with Gasteiger partial charge in [-0.3, -0.25) is 9.97 Å². The molecule has 126 valence electrons. The Morgan fingerprint density at radius 1 is 1.21 bits per heavy atom. The van der Waals surface area contributed by atoms with Gasteiger partial charge < -0.3 is 4.74 Å². The van der Waals surface area contributed by atoms with E-state index in [4.69, 9.17) is 19.7 Å². The van der Waals surface area contributed by atoms with E-state index >= 15 is 0 Å². The highest BCUT2D eigenvalue weighted by Gasteiger charge is 2.67. The zero-order valence-corrected chi connectivity index (χ0v) is 14.8. The maximum Gasteiger partial charge on any atom is 0.111 e. The van der Waals surface area contributed by atoms with Crippen LogP contribution in [0.1, 0.15) is 69.0 Å². The topological polar surface area (TPSA) is 47.9 Å². The molecule has 2 bridgehead atoms. The summed E-state index contributed by atoms with van der Waals surface area (Å²) in [5.74, 6) is 0.488. The van der Waals surface area contributed by atoms with Gasteiger partial charge in [0.25, 0.3) is 0 Å². The molecule has 2 aromatic rings. The first-order valence-electron chi connectivity index (χ1n) is 9.23. The van der Waals surface area contributed by atoms with Crippen molar-refractivity contribution in [1.82, 2.24) is 15.0 Å². The fourth-order valence-corrected chi connectivity index (χ4v) is 5.53. The fraction of sp³-hybridized carbons (Fsp3) is 0.650. The molecule has 0 unspecified atom stereocenters. The lowest BCUT2D eigenvalue weighted by Crippen LogP contribution is -2.63. The molecule has 4 heteroatoms. The predicted octanol–water partition coefficient (Wildman–Crippen LogP) is 4.06. The van der Waals surface area contributed by atoms with Gasteiger partial charge in [-0.15, -0.1) is 0 Å². The van der Waals surface area contributed by atoms with Crippen LogP contribution in [0.5, 0.6) is 0 Å². The summed E-state index contributed by atoms with van der Waals surface area (Å²) in [5.41, 5.74) is 6.33. The van der Waals surface area contributed by atoms with Gasteiger partial charge in [-0.1, -0.05) is 6.92 Å². The first-order chi connectivity index (χ1) is 11.5. The van der Waals surface area contributed by atoms with E-state index in [1.54, 1.807) is 0 Å². The number of ether oxygens (including phenoxy) is 1. The van der Waals surface area contributed by atoms with Gasteiger partial charge in [-0.2, -0.15) is 0 Å². The van der Waals surface area contributed by atoms with Crippen LogP contribution in [0.4, 0.5) is 0 Å². The van der Waals surface area contributed by atoms with E-state index in [1.807, 2.05) is 13.1 Å². The lowest BCUT2D eigenvalue weighted by atomic mass is 9.35. The van der Waals surface area contributed by atoms with Crippen molar-refractivity contribution in [3.63, 3.8) is 0 Å². The molecule has 4 nitrogen and oxygen atoms in total. The smallest absolute Gasteiger partial charge is 0.111 e. The minimum atomic E-state index is 0.281. The zero-order chi connectivity index (χ0) is 16.5. The molecule has 3 heterocycles. The van der Waals surface area contributed by atoms with Crippen LogP contribution in [0.3, 0.4) is 0 Å². The normalized spacial score (nSPS) is 37.8. The third-order valence-corrected chi connectivity index (χ3v) is 6.37. The maximum atomic E-state index is 5.73. The molecule has 4 fully saturated rings. The summed E-state index contributed by atoms with van der Waals surface area (Å²) < 4.78 is 5.73. The van der Waals surface area contributed by atoms with Gasteiger partial charge in [-0.25, -0.2) is 4.98 Å². The average Bonchev–Trinajstić information content (AvgIpc) is 2.49. The van der Waals surface area contributed by atoms with Crippen LogP contribution in [0.2, 0.25) is 0 Å². The van der Waals surface area contributed by atoms with E-state index in [9.17, 15) is 0 Å². The molecule has 2 aromatic heterocycles. The Morgan fingerprint density at radius 3 is 2.71 bits per heavy atom. The highest BCUT2D eigenvalue weighted by atomic mass is 16.5. The maximum absolute atomic E-state index is 5.73. The summed E-state index contributed by atoms with van der Waals surface area (Å²) in [6, 6.07) is 2.19. The Morgan fingerprint density at radius 2 is 2.00 bits per heavy atom. The number of hydrogen-bond donors (Lipinski definition) is 0. The fourth-order valence-electron chi connectivity index (χ4n) is 5.53. The van der Waals surface area contributed by atoms with E-state index in [1.165, 1.54) is 30.7 Å². The summed E-state index contributed by atoms with van der Waals surface area (Å²) in [6.07, 6.45) is 8.13. The van der Waals surface area contributed by atoms with Gasteiger partial charge in [0.15, 0.2) is 0 Å². The van der Waals surface area contributed by atoms with Crippen molar-refractivity contribution in [1.29, 1.82) is 0 Å². The minimum Gasteiger partial charge on any atom is -0.378 e. The molecule has 0 radical (unpaired) electrons. The van der Waals surface area contributed by atoms with Crippen LogP contribution in [-0.4, -0.2) is 27.7 Å². The minimum absolute atomic E-state index is 0.281. The largest absolute Gasteiger partial charge is 0.378 e. The number of pyridine rings is 1. The van der Waals surface area contributed by atoms with E-state index in [-0.39, 0.29) is 5.41 Å².